The Morgan fingerprint density at radius 1 is 1.41 bits per heavy atom. The van der Waals surface area contributed by atoms with E-state index >= 15 is 0 Å². The van der Waals surface area contributed by atoms with E-state index in [2.05, 4.69) is 15.5 Å². The number of anilines is 1. The molecule has 0 atom stereocenters. The van der Waals surface area contributed by atoms with E-state index in [1.54, 1.807) is 10.7 Å². The summed E-state index contributed by atoms with van der Waals surface area (Å²) in [5.41, 5.74) is 6.31. The van der Waals surface area contributed by atoms with Gasteiger partial charge < -0.3 is 5.73 Å². The van der Waals surface area contributed by atoms with Gasteiger partial charge in [0.05, 0.1) is 6.04 Å². The zero-order chi connectivity index (χ0) is 11.8. The molecule has 0 radical (unpaired) electrons. The van der Waals surface area contributed by atoms with Crippen LogP contribution in [0, 0.1) is 5.82 Å². The van der Waals surface area contributed by atoms with Crippen molar-refractivity contribution >= 4 is 17.4 Å². The van der Waals surface area contributed by atoms with Crippen LogP contribution in [0.15, 0.2) is 28.3 Å². The molecule has 0 spiro atoms. The van der Waals surface area contributed by atoms with Crippen LogP contribution in [0.3, 0.4) is 0 Å². The highest BCUT2D eigenvalue weighted by Crippen LogP contribution is 2.39. The highest BCUT2D eigenvalue weighted by molar-refractivity contribution is 7.99. The highest BCUT2D eigenvalue weighted by atomic mass is 32.2. The van der Waals surface area contributed by atoms with Crippen LogP contribution in [-0.2, 0) is 0 Å². The Hall–Kier alpha value is -1.63. The fraction of sp³-hybridized carbons (Fsp3) is 0.300. The lowest BCUT2D eigenvalue weighted by atomic mass is 10.3. The van der Waals surface area contributed by atoms with Gasteiger partial charge in [0.25, 0.3) is 0 Å². The average molecular weight is 251 g/mol. The minimum atomic E-state index is -0.313. The van der Waals surface area contributed by atoms with Gasteiger partial charge in [-0.3, -0.25) is 0 Å². The first-order valence-electron chi connectivity index (χ1n) is 5.25. The summed E-state index contributed by atoms with van der Waals surface area (Å²) in [6, 6.07) is 4.67. The van der Waals surface area contributed by atoms with Crippen LogP contribution in [0.5, 0.6) is 0 Å². The van der Waals surface area contributed by atoms with Gasteiger partial charge in [0.2, 0.25) is 5.16 Å². The van der Waals surface area contributed by atoms with Crippen molar-refractivity contribution < 1.29 is 4.39 Å². The van der Waals surface area contributed by atoms with Crippen LogP contribution < -0.4 is 5.73 Å². The number of rotatable bonds is 3. The van der Waals surface area contributed by atoms with Crippen molar-refractivity contribution in [3.8, 4) is 0 Å². The van der Waals surface area contributed by atoms with Crippen LogP contribution >= 0.6 is 11.8 Å². The molecule has 0 aliphatic heterocycles. The average Bonchev–Trinajstić information content (AvgIpc) is 3.05. The van der Waals surface area contributed by atoms with E-state index in [1.807, 2.05) is 0 Å². The molecule has 2 aromatic rings. The lowest BCUT2D eigenvalue weighted by Gasteiger charge is -2.05. The minimum absolute atomic E-state index is 0.313. The lowest BCUT2D eigenvalue weighted by molar-refractivity contribution is 0.565. The van der Waals surface area contributed by atoms with Crippen molar-refractivity contribution in [2.75, 3.05) is 5.73 Å². The normalized spacial score (nSPS) is 15.1. The predicted octanol–water partition coefficient (Wildman–Crippen LogP) is 1.88. The van der Waals surface area contributed by atoms with Crippen molar-refractivity contribution in [2.24, 2.45) is 0 Å². The Morgan fingerprint density at radius 2 is 2.24 bits per heavy atom. The van der Waals surface area contributed by atoms with Gasteiger partial charge in [0.15, 0.2) is 0 Å². The molecule has 0 amide bonds. The molecule has 1 heterocycles. The Balaban J connectivity index is 1.90. The number of halogens is 1. The highest BCUT2D eigenvalue weighted by Gasteiger charge is 2.28. The topological polar surface area (TPSA) is 69.6 Å². The maximum Gasteiger partial charge on any atom is 0.214 e. The predicted molar refractivity (Wildman–Crippen MR) is 61.0 cm³/mol. The van der Waals surface area contributed by atoms with E-state index in [9.17, 15) is 4.39 Å². The Bertz CT molecular complexity index is 551. The van der Waals surface area contributed by atoms with Gasteiger partial charge in [0.1, 0.15) is 5.82 Å². The van der Waals surface area contributed by atoms with Crippen molar-refractivity contribution in [3.05, 3.63) is 24.0 Å². The summed E-state index contributed by atoms with van der Waals surface area (Å²) >= 11 is 1.29. The second kappa shape index (κ2) is 3.99. The number of hydrogen-bond donors (Lipinski definition) is 1. The van der Waals surface area contributed by atoms with Gasteiger partial charge in [-0.05, 0) is 53.2 Å². The molecule has 1 aromatic carbocycles. The van der Waals surface area contributed by atoms with Gasteiger partial charge in [-0.25, -0.2) is 9.07 Å². The monoisotopic (exact) mass is 251 g/mol. The Labute approximate surface area is 101 Å². The van der Waals surface area contributed by atoms with Gasteiger partial charge in [-0.15, -0.1) is 5.10 Å². The van der Waals surface area contributed by atoms with E-state index in [0.29, 0.717) is 21.8 Å². The summed E-state index contributed by atoms with van der Waals surface area (Å²) in [4.78, 5) is 0.640. The van der Waals surface area contributed by atoms with Crippen LogP contribution in [0.4, 0.5) is 10.1 Å². The van der Waals surface area contributed by atoms with E-state index in [-0.39, 0.29) is 5.82 Å². The first kappa shape index (κ1) is 10.5. The number of nitrogen functional groups attached to an aromatic ring is 1. The molecule has 1 aliphatic carbocycles. The van der Waals surface area contributed by atoms with E-state index in [4.69, 9.17) is 5.73 Å². The largest absolute Gasteiger partial charge is 0.398 e. The molecule has 5 nitrogen and oxygen atoms in total. The SMILES string of the molecule is Nc1ccc(F)cc1Sc1nnnn1C1CC1. The summed E-state index contributed by atoms with van der Waals surface area (Å²) in [6.07, 6.45) is 2.19. The molecule has 0 unspecified atom stereocenters. The van der Waals surface area contributed by atoms with Gasteiger partial charge >= 0.3 is 0 Å². The summed E-state index contributed by atoms with van der Waals surface area (Å²) in [6.45, 7) is 0. The fourth-order valence-corrected chi connectivity index (χ4v) is 2.41. The number of nitrogens with zero attached hydrogens (tertiary/aromatic N) is 4. The van der Waals surface area contributed by atoms with Crippen molar-refractivity contribution in [3.63, 3.8) is 0 Å². The number of hydrogen-bond acceptors (Lipinski definition) is 5. The summed E-state index contributed by atoms with van der Waals surface area (Å²) in [7, 11) is 0. The molecule has 1 aliphatic rings. The van der Waals surface area contributed by atoms with Crippen LogP contribution in [0.1, 0.15) is 18.9 Å². The number of benzene rings is 1. The standard InChI is InChI=1S/C10H10FN5S/c11-6-1-4-8(12)9(5-6)17-10-13-14-15-16(10)7-2-3-7/h1,4-5,7H,2-3,12H2. The van der Waals surface area contributed by atoms with Gasteiger partial charge in [-0.2, -0.15) is 0 Å². The molecule has 2 N–H and O–H groups in total. The maximum absolute atomic E-state index is 13.1. The van der Waals surface area contributed by atoms with Gasteiger partial charge in [0, 0.05) is 10.6 Å². The van der Waals surface area contributed by atoms with Crippen molar-refractivity contribution in [1.29, 1.82) is 0 Å². The van der Waals surface area contributed by atoms with Crippen LogP contribution in [0.25, 0.3) is 0 Å². The van der Waals surface area contributed by atoms with Gasteiger partial charge in [-0.1, -0.05) is 0 Å². The molecular weight excluding hydrogens is 241 g/mol. The quantitative estimate of drug-likeness (QED) is 0.843. The molecule has 0 bridgehead atoms. The molecular formula is C10H10FN5S. The second-order valence-electron chi connectivity index (χ2n) is 3.92. The zero-order valence-corrected chi connectivity index (χ0v) is 9.69. The number of tetrazole rings is 1. The molecule has 7 heteroatoms. The van der Waals surface area contributed by atoms with Crippen molar-refractivity contribution in [1.82, 2.24) is 20.2 Å². The Morgan fingerprint density at radius 3 is 3.00 bits per heavy atom. The third kappa shape index (κ3) is 2.10. The molecule has 88 valence electrons. The molecule has 1 fully saturated rings. The van der Waals surface area contributed by atoms with E-state index < -0.39 is 0 Å². The Kier molecular flexibility index (Phi) is 2.47. The molecule has 0 saturated heterocycles. The summed E-state index contributed by atoms with van der Waals surface area (Å²) < 4.78 is 14.9. The van der Waals surface area contributed by atoms with E-state index in [1.165, 1.54) is 23.9 Å². The minimum Gasteiger partial charge on any atom is -0.398 e. The molecule has 1 saturated carbocycles. The fourth-order valence-electron chi connectivity index (χ4n) is 1.50. The van der Waals surface area contributed by atoms with Crippen molar-refractivity contribution in [2.45, 2.75) is 28.9 Å². The van der Waals surface area contributed by atoms with Crippen LogP contribution in [-0.4, -0.2) is 20.2 Å². The maximum atomic E-state index is 13.1. The van der Waals surface area contributed by atoms with Crippen LogP contribution in [0.2, 0.25) is 0 Å². The second-order valence-corrected chi connectivity index (χ2v) is 4.93. The lowest BCUT2D eigenvalue weighted by Crippen LogP contribution is -1.99. The summed E-state index contributed by atoms with van der Waals surface area (Å²) in [5, 5.41) is 12.2. The first-order valence-corrected chi connectivity index (χ1v) is 6.06. The third-order valence-corrected chi connectivity index (χ3v) is 3.56. The smallest absolute Gasteiger partial charge is 0.214 e. The molecule has 1 aromatic heterocycles. The number of aromatic nitrogens is 4. The zero-order valence-electron chi connectivity index (χ0n) is 8.88. The molecule has 17 heavy (non-hydrogen) atoms. The molecule has 3 rings (SSSR count). The summed E-state index contributed by atoms with van der Waals surface area (Å²) in [5.74, 6) is -0.313. The van der Waals surface area contributed by atoms with E-state index in [0.717, 1.165) is 12.8 Å². The third-order valence-electron chi connectivity index (χ3n) is 2.53. The first-order chi connectivity index (χ1) is 8.24. The number of nitrogens with two attached hydrogens (primary N) is 1.